The Hall–Kier alpha value is -1.99. The highest BCUT2D eigenvalue weighted by atomic mass is 16.6. The van der Waals surface area contributed by atoms with Crippen molar-refractivity contribution in [3.05, 3.63) is 23.8 Å². The number of methoxy groups -OCH3 is 1. The Kier molecular flexibility index (Phi) is 5.99. The van der Waals surface area contributed by atoms with Crippen molar-refractivity contribution in [1.29, 1.82) is 0 Å². The van der Waals surface area contributed by atoms with Gasteiger partial charge >= 0.3 is 6.03 Å². The summed E-state index contributed by atoms with van der Waals surface area (Å²) in [4.78, 5) is 16.4. The van der Waals surface area contributed by atoms with E-state index in [1.807, 2.05) is 17.9 Å². The van der Waals surface area contributed by atoms with Crippen molar-refractivity contribution in [1.82, 2.24) is 15.1 Å². The predicted molar refractivity (Wildman–Crippen MR) is 94.2 cm³/mol. The zero-order valence-electron chi connectivity index (χ0n) is 15.0. The van der Waals surface area contributed by atoms with E-state index < -0.39 is 0 Å². The first kappa shape index (κ1) is 17.8. The fourth-order valence-corrected chi connectivity index (χ4v) is 3.15. The summed E-state index contributed by atoms with van der Waals surface area (Å²) in [5.74, 6) is 1.65. The number of nitrogens with one attached hydrogen (secondary N) is 1. The molecule has 2 aliphatic rings. The predicted octanol–water partition coefficient (Wildman–Crippen LogP) is 1.32. The summed E-state index contributed by atoms with van der Waals surface area (Å²) in [5, 5.41) is 2.96. The van der Waals surface area contributed by atoms with Crippen LogP contribution >= 0.6 is 0 Å². The second-order valence-corrected chi connectivity index (χ2v) is 6.55. The van der Waals surface area contributed by atoms with Crippen LogP contribution in [0.15, 0.2) is 18.2 Å². The van der Waals surface area contributed by atoms with Crippen LogP contribution in [0, 0.1) is 0 Å². The van der Waals surface area contributed by atoms with E-state index in [0.29, 0.717) is 19.8 Å². The summed E-state index contributed by atoms with van der Waals surface area (Å²) in [6.45, 7) is 7.72. The van der Waals surface area contributed by atoms with Gasteiger partial charge in [0.05, 0.1) is 12.6 Å². The maximum atomic E-state index is 12.2. The number of fused-ring (bicyclic) bond motifs is 1. The molecule has 2 heterocycles. The Labute approximate surface area is 148 Å². The molecular formula is C18H27N3O4. The number of hydrogen-bond acceptors (Lipinski definition) is 5. The monoisotopic (exact) mass is 349 g/mol. The lowest BCUT2D eigenvalue weighted by Gasteiger charge is -2.35. The second kappa shape index (κ2) is 8.40. The first-order chi connectivity index (χ1) is 12.2. The van der Waals surface area contributed by atoms with Crippen LogP contribution in [-0.2, 0) is 11.3 Å². The molecule has 138 valence electrons. The van der Waals surface area contributed by atoms with Gasteiger partial charge in [-0.2, -0.15) is 0 Å². The first-order valence-corrected chi connectivity index (χ1v) is 8.81. The molecule has 0 saturated carbocycles. The van der Waals surface area contributed by atoms with Gasteiger partial charge in [-0.05, 0) is 24.6 Å². The van der Waals surface area contributed by atoms with Gasteiger partial charge in [0, 0.05) is 39.8 Å². The van der Waals surface area contributed by atoms with Crippen LogP contribution in [0.2, 0.25) is 0 Å². The van der Waals surface area contributed by atoms with Crippen LogP contribution in [0.4, 0.5) is 4.79 Å². The summed E-state index contributed by atoms with van der Waals surface area (Å²) < 4.78 is 16.3. The molecule has 1 atom stereocenters. The van der Waals surface area contributed by atoms with Gasteiger partial charge in [0.25, 0.3) is 0 Å². The highest BCUT2D eigenvalue weighted by molar-refractivity contribution is 5.74. The zero-order chi connectivity index (χ0) is 17.6. The lowest BCUT2D eigenvalue weighted by molar-refractivity contribution is 0.126. The van der Waals surface area contributed by atoms with Gasteiger partial charge in [-0.3, -0.25) is 4.90 Å². The van der Waals surface area contributed by atoms with E-state index in [4.69, 9.17) is 14.2 Å². The maximum absolute atomic E-state index is 12.2. The van der Waals surface area contributed by atoms with Gasteiger partial charge in [-0.15, -0.1) is 0 Å². The molecule has 1 N–H and O–H groups in total. The number of rotatable bonds is 5. The van der Waals surface area contributed by atoms with E-state index in [1.165, 1.54) is 5.56 Å². The summed E-state index contributed by atoms with van der Waals surface area (Å²) >= 11 is 0. The number of carbonyl (C=O) groups is 1. The third-order valence-electron chi connectivity index (χ3n) is 4.46. The molecule has 0 aliphatic carbocycles. The van der Waals surface area contributed by atoms with Crippen LogP contribution < -0.4 is 14.8 Å². The number of piperazine rings is 1. The molecule has 0 aromatic heterocycles. The van der Waals surface area contributed by atoms with E-state index in [9.17, 15) is 4.79 Å². The Morgan fingerprint density at radius 3 is 2.64 bits per heavy atom. The Bertz CT molecular complexity index is 588. The van der Waals surface area contributed by atoms with E-state index in [-0.39, 0.29) is 12.1 Å². The lowest BCUT2D eigenvalue weighted by Crippen LogP contribution is -2.53. The molecule has 3 rings (SSSR count). The lowest BCUT2D eigenvalue weighted by atomic mass is 10.1. The van der Waals surface area contributed by atoms with E-state index in [2.05, 4.69) is 22.3 Å². The number of ether oxygens (including phenoxy) is 3. The highest BCUT2D eigenvalue weighted by Gasteiger charge is 2.22. The van der Waals surface area contributed by atoms with Gasteiger partial charge < -0.3 is 24.4 Å². The maximum Gasteiger partial charge on any atom is 0.317 e. The van der Waals surface area contributed by atoms with Crippen LogP contribution in [0.1, 0.15) is 12.5 Å². The number of benzene rings is 1. The summed E-state index contributed by atoms with van der Waals surface area (Å²) in [6, 6.07) is 6.13. The summed E-state index contributed by atoms with van der Waals surface area (Å²) in [5.41, 5.74) is 1.20. The van der Waals surface area contributed by atoms with Crippen molar-refractivity contribution in [3.8, 4) is 11.5 Å². The standard InChI is InChI=1S/C18H27N3O4/c1-14(13-23-2)19-18(22)21-7-5-20(6-8-21)12-15-3-4-16-17(11-15)25-10-9-24-16/h3-4,11,14H,5-10,12-13H2,1-2H3,(H,19,22)/t14-/m1/s1. The summed E-state index contributed by atoms with van der Waals surface area (Å²) in [7, 11) is 1.64. The molecule has 1 aromatic carbocycles. The van der Waals surface area contributed by atoms with E-state index >= 15 is 0 Å². The number of urea groups is 1. The molecule has 25 heavy (non-hydrogen) atoms. The molecular weight excluding hydrogens is 322 g/mol. The van der Waals surface area contributed by atoms with E-state index in [1.54, 1.807) is 7.11 Å². The first-order valence-electron chi connectivity index (χ1n) is 8.81. The minimum atomic E-state index is -0.0106. The van der Waals surface area contributed by atoms with E-state index in [0.717, 1.165) is 44.2 Å². The van der Waals surface area contributed by atoms with Crippen LogP contribution in [-0.4, -0.2) is 75.0 Å². The second-order valence-electron chi connectivity index (χ2n) is 6.55. The fourth-order valence-electron chi connectivity index (χ4n) is 3.15. The van der Waals surface area contributed by atoms with Crippen LogP contribution in [0.5, 0.6) is 11.5 Å². The number of carbonyl (C=O) groups excluding carboxylic acids is 1. The minimum absolute atomic E-state index is 0.0106. The molecule has 0 bridgehead atoms. The van der Waals surface area contributed by atoms with Crippen molar-refractivity contribution >= 4 is 6.03 Å². The van der Waals surface area contributed by atoms with Crippen molar-refractivity contribution in [3.63, 3.8) is 0 Å². The van der Waals surface area contributed by atoms with Gasteiger partial charge in [0.15, 0.2) is 11.5 Å². The number of nitrogens with zero attached hydrogens (tertiary/aromatic N) is 2. The van der Waals surface area contributed by atoms with Crippen molar-refractivity contribution < 1.29 is 19.0 Å². The number of hydrogen-bond donors (Lipinski definition) is 1. The largest absolute Gasteiger partial charge is 0.486 e. The Morgan fingerprint density at radius 1 is 1.20 bits per heavy atom. The third-order valence-corrected chi connectivity index (χ3v) is 4.46. The quantitative estimate of drug-likeness (QED) is 0.869. The number of amides is 2. The molecule has 7 nitrogen and oxygen atoms in total. The SMILES string of the molecule is COC[C@@H](C)NC(=O)N1CCN(Cc2ccc3c(c2)OCCO3)CC1. The molecule has 0 unspecified atom stereocenters. The van der Waals surface area contributed by atoms with Crippen LogP contribution in [0.25, 0.3) is 0 Å². The Balaban J connectivity index is 1.47. The van der Waals surface area contributed by atoms with Gasteiger partial charge in [-0.1, -0.05) is 6.07 Å². The fraction of sp³-hybridized carbons (Fsp3) is 0.611. The van der Waals surface area contributed by atoms with Gasteiger partial charge in [-0.25, -0.2) is 4.79 Å². The van der Waals surface area contributed by atoms with Crippen LogP contribution in [0.3, 0.4) is 0 Å². The molecule has 0 spiro atoms. The molecule has 1 aromatic rings. The molecule has 2 aliphatic heterocycles. The Morgan fingerprint density at radius 2 is 1.92 bits per heavy atom. The van der Waals surface area contributed by atoms with Crippen molar-refractivity contribution in [2.45, 2.75) is 19.5 Å². The molecule has 1 saturated heterocycles. The molecule has 7 heteroatoms. The van der Waals surface area contributed by atoms with Crippen molar-refractivity contribution in [2.75, 3.05) is 53.1 Å². The van der Waals surface area contributed by atoms with Gasteiger partial charge in [0.1, 0.15) is 13.2 Å². The molecule has 1 fully saturated rings. The average Bonchev–Trinajstić information content (AvgIpc) is 2.62. The van der Waals surface area contributed by atoms with Crippen molar-refractivity contribution in [2.24, 2.45) is 0 Å². The average molecular weight is 349 g/mol. The summed E-state index contributed by atoms with van der Waals surface area (Å²) in [6.07, 6.45) is 0. The molecule has 0 radical (unpaired) electrons. The topological polar surface area (TPSA) is 63.3 Å². The smallest absolute Gasteiger partial charge is 0.317 e. The molecule has 2 amide bonds. The minimum Gasteiger partial charge on any atom is -0.486 e. The third kappa shape index (κ3) is 4.76. The highest BCUT2D eigenvalue weighted by Crippen LogP contribution is 2.31. The zero-order valence-corrected chi connectivity index (χ0v) is 15.0. The van der Waals surface area contributed by atoms with Gasteiger partial charge in [0.2, 0.25) is 0 Å². The normalized spacial score (nSPS) is 18.7.